The van der Waals surface area contributed by atoms with Crippen LogP contribution in [0, 0.1) is 13.8 Å². The smallest absolute Gasteiger partial charge is 0.255 e. The molecule has 0 unspecified atom stereocenters. The van der Waals surface area contributed by atoms with Gasteiger partial charge in [0.2, 0.25) is 0 Å². The van der Waals surface area contributed by atoms with Gasteiger partial charge in [0.25, 0.3) is 5.91 Å². The molecule has 0 aliphatic heterocycles. The first-order valence-electron chi connectivity index (χ1n) is 8.82. The maximum absolute atomic E-state index is 12.5. The Balaban J connectivity index is 2.18. The van der Waals surface area contributed by atoms with Crippen molar-refractivity contribution in [1.82, 2.24) is 0 Å². The number of carbonyl (C=O) groups excluding carboxylic acids is 1. The predicted octanol–water partition coefficient (Wildman–Crippen LogP) is 5.13. The molecule has 0 bridgehead atoms. The van der Waals surface area contributed by atoms with Crippen molar-refractivity contribution in [1.29, 1.82) is 0 Å². The molecular weight excluding hydrogens is 314 g/mol. The summed E-state index contributed by atoms with van der Waals surface area (Å²) in [6, 6.07) is 11.3. The number of anilines is 1. The van der Waals surface area contributed by atoms with Crippen molar-refractivity contribution in [2.24, 2.45) is 0 Å². The van der Waals surface area contributed by atoms with Crippen LogP contribution in [0.4, 0.5) is 5.69 Å². The SMILES string of the molecule is CCCOc1ccc(NC(=O)c2cc(C)cc(C)c2)cc1OCCC. The van der Waals surface area contributed by atoms with Gasteiger partial charge in [-0.3, -0.25) is 4.79 Å². The van der Waals surface area contributed by atoms with Gasteiger partial charge in [0.15, 0.2) is 11.5 Å². The number of benzene rings is 2. The van der Waals surface area contributed by atoms with E-state index in [4.69, 9.17) is 9.47 Å². The predicted molar refractivity (Wildman–Crippen MR) is 102 cm³/mol. The molecule has 4 nitrogen and oxygen atoms in total. The van der Waals surface area contributed by atoms with Crippen molar-refractivity contribution < 1.29 is 14.3 Å². The molecule has 0 saturated carbocycles. The lowest BCUT2D eigenvalue weighted by atomic mass is 10.1. The first-order chi connectivity index (χ1) is 12.0. The Bertz CT molecular complexity index is 705. The highest BCUT2D eigenvalue weighted by atomic mass is 16.5. The van der Waals surface area contributed by atoms with E-state index in [0.717, 1.165) is 24.0 Å². The third-order valence-corrected chi connectivity index (χ3v) is 3.61. The Hall–Kier alpha value is -2.49. The highest BCUT2D eigenvalue weighted by Crippen LogP contribution is 2.31. The summed E-state index contributed by atoms with van der Waals surface area (Å²) in [7, 11) is 0. The van der Waals surface area contributed by atoms with E-state index in [0.29, 0.717) is 36.0 Å². The number of carbonyl (C=O) groups is 1. The van der Waals surface area contributed by atoms with Crippen LogP contribution in [0.1, 0.15) is 48.2 Å². The normalized spacial score (nSPS) is 10.4. The number of nitrogens with one attached hydrogen (secondary N) is 1. The van der Waals surface area contributed by atoms with E-state index in [1.165, 1.54) is 0 Å². The summed E-state index contributed by atoms with van der Waals surface area (Å²) in [5.74, 6) is 1.24. The topological polar surface area (TPSA) is 47.6 Å². The molecule has 2 aromatic carbocycles. The van der Waals surface area contributed by atoms with E-state index in [2.05, 4.69) is 19.2 Å². The molecule has 0 heterocycles. The van der Waals surface area contributed by atoms with E-state index in [1.807, 2.05) is 50.2 Å². The molecule has 1 amide bonds. The zero-order valence-corrected chi connectivity index (χ0v) is 15.5. The van der Waals surface area contributed by atoms with Gasteiger partial charge in [-0.15, -0.1) is 0 Å². The minimum Gasteiger partial charge on any atom is -0.490 e. The van der Waals surface area contributed by atoms with Crippen molar-refractivity contribution in [3.05, 3.63) is 53.1 Å². The van der Waals surface area contributed by atoms with E-state index >= 15 is 0 Å². The highest BCUT2D eigenvalue weighted by molar-refractivity contribution is 6.04. The molecule has 0 aliphatic carbocycles. The van der Waals surface area contributed by atoms with Gasteiger partial charge in [0.1, 0.15) is 0 Å². The van der Waals surface area contributed by atoms with E-state index in [1.54, 1.807) is 0 Å². The summed E-state index contributed by atoms with van der Waals surface area (Å²) in [6.45, 7) is 9.33. The lowest BCUT2D eigenvalue weighted by molar-refractivity contribution is 0.102. The van der Waals surface area contributed by atoms with Gasteiger partial charge in [-0.1, -0.05) is 31.0 Å². The number of aryl methyl sites for hydroxylation is 2. The first-order valence-corrected chi connectivity index (χ1v) is 8.82. The summed E-state index contributed by atoms with van der Waals surface area (Å²) in [5, 5.41) is 2.94. The standard InChI is InChI=1S/C21H27NO3/c1-5-9-24-19-8-7-18(14-20(19)25-10-6-2)22-21(23)17-12-15(3)11-16(4)13-17/h7-8,11-14H,5-6,9-10H2,1-4H3,(H,22,23). The molecule has 1 N–H and O–H groups in total. The second kappa shape index (κ2) is 9.11. The minimum atomic E-state index is -0.129. The maximum Gasteiger partial charge on any atom is 0.255 e. The van der Waals surface area contributed by atoms with Crippen molar-refractivity contribution >= 4 is 11.6 Å². The van der Waals surface area contributed by atoms with Gasteiger partial charge in [-0.05, 0) is 51.0 Å². The van der Waals surface area contributed by atoms with Crippen molar-refractivity contribution in [2.75, 3.05) is 18.5 Å². The molecule has 0 saturated heterocycles. The van der Waals surface area contributed by atoms with Crippen LogP contribution in [0.5, 0.6) is 11.5 Å². The molecule has 2 rings (SSSR count). The third kappa shape index (κ3) is 5.52. The summed E-state index contributed by atoms with van der Waals surface area (Å²) in [5.41, 5.74) is 3.49. The number of hydrogen-bond donors (Lipinski definition) is 1. The monoisotopic (exact) mass is 341 g/mol. The second-order valence-corrected chi connectivity index (χ2v) is 6.19. The molecule has 134 valence electrons. The summed E-state index contributed by atoms with van der Waals surface area (Å²) in [6.07, 6.45) is 1.84. The van der Waals surface area contributed by atoms with Gasteiger partial charge in [0, 0.05) is 17.3 Å². The van der Waals surface area contributed by atoms with E-state index < -0.39 is 0 Å². The van der Waals surface area contributed by atoms with Crippen LogP contribution in [-0.4, -0.2) is 19.1 Å². The molecule has 4 heteroatoms. The van der Waals surface area contributed by atoms with Crippen LogP contribution in [0.2, 0.25) is 0 Å². The Morgan fingerprint density at radius 1 is 0.880 bits per heavy atom. The van der Waals surface area contributed by atoms with Crippen LogP contribution < -0.4 is 14.8 Å². The summed E-state index contributed by atoms with van der Waals surface area (Å²) in [4.78, 5) is 12.5. The lowest BCUT2D eigenvalue weighted by Gasteiger charge is -2.14. The fraction of sp³-hybridized carbons (Fsp3) is 0.381. The van der Waals surface area contributed by atoms with Crippen LogP contribution >= 0.6 is 0 Å². The highest BCUT2D eigenvalue weighted by Gasteiger charge is 2.11. The Labute approximate surface area is 150 Å². The first kappa shape index (κ1) is 18.8. The molecule has 0 aliphatic rings. The van der Waals surface area contributed by atoms with E-state index in [9.17, 15) is 4.79 Å². The largest absolute Gasteiger partial charge is 0.490 e. The van der Waals surface area contributed by atoms with Gasteiger partial charge < -0.3 is 14.8 Å². The van der Waals surface area contributed by atoms with Crippen LogP contribution in [0.15, 0.2) is 36.4 Å². The molecule has 0 radical (unpaired) electrons. The van der Waals surface area contributed by atoms with Crippen LogP contribution in [0.25, 0.3) is 0 Å². The minimum absolute atomic E-state index is 0.129. The van der Waals surface area contributed by atoms with Crippen LogP contribution in [0.3, 0.4) is 0 Å². The average Bonchev–Trinajstić information content (AvgIpc) is 2.58. The van der Waals surface area contributed by atoms with Gasteiger partial charge in [0.05, 0.1) is 13.2 Å². The van der Waals surface area contributed by atoms with Crippen molar-refractivity contribution in [3.8, 4) is 11.5 Å². The van der Waals surface area contributed by atoms with Crippen molar-refractivity contribution in [3.63, 3.8) is 0 Å². The third-order valence-electron chi connectivity index (χ3n) is 3.61. The van der Waals surface area contributed by atoms with Crippen molar-refractivity contribution in [2.45, 2.75) is 40.5 Å². The number of ether oxygens (including phenoxy) is 2. The van der Waals surface area contributed by atoms with E-state index in [-0.39, 0.29) is 5.91 Å². The van der Waals surface area contributed by atoms with Gasteiger partial charge in [-0.25, -0.2) is 0 Å². The lowest BCUT2D eigenvalue weighted by Crippen LogP contribution is -2.12. The number of amides is 1. The number of rotatable bonds is 8. The number of hydrogen-bond acceptors (Lipinski definition) is 3. The van der Waals surface area contributed by atoms with Gasteiger partial charge in [-0.2, -0.15) is 0 Å². The summed E-state index contributed by atoms with van der Waals surface area (Å²) < 4.78 is 11.5. The fourth-order valence-electron chi connectivity index (χ4n) is 2.55. The Morgan fingerprint density at radius 2 is 1.48 bits per heavy atom. The quantitative estimate of drug-likeness (QED) is 0.724. The molecule has 0 spiro atoms. The Morgan fingerprint density at radius 3 is 2.08 bits per heavy atom. The molecule has 2 aromatic rings. The molecule has 0 fully saturated rings. The summed E-state index contributed by atoms with van der Waals surface area (Å²) >= 11 is 0. The molecule has 0 aromatic heterocycles. The maximum atomic E-state index is 12.5. The zero-order chi connectivity index (χ0) is 18.2. The average molecular weight is 341 g/mol. The molecular formula is C21H27NO3. The zero-order valence-electron chi connectivity index (χ0n) is 15.5. The fourth-order valence-corrected chi connectivity index (χ4v) is 2.55. The second-order valence-electron chi connectivity index (χ2n) is 6.19. The Kier molecular flexibility index (Phi) is 6.87. The van der Waals surface area contributed by atoms with Crippen LogP contribution in [-0.2, 0) is 0 Å². The molecule has 0 atom stereocenters. The molecule has 25 heavy (non-hydrogen) atoms. The van der Waals surface area contributed by atoms with Gasteiger partial charge >= 0.3 is 0 Å².